The van der Waals surface area contributed by atoms with E-state index in [9.17, 15) is 19.7 Å². The number of fused-ring (bicyclic) bond motifs is 1. The van der Waals surface area contributed by atoms with E-state index in [-0.39, 0.29) is 17.0 Å². The highest BCUT2D eigenvalue weighted by Crippen LogP contribution is 2.30. The van der Waals surface area contributed by atoms with Crippen LogP contribution >= 0.6 is 0 Å². The summed E-state index contributed by atoms with van der Waals surface area (Å²) in [5.41, 5.74) is 5.21. The fourth-order valence-electron chi connectivity index (χ4n) is 4.44. The molecule has 2 unspecified atom stereocenters. The highest BCUT2D eigenvalue weighted by atomic mass is 16.6. The van der Waals surface area contributed by atoms with Crippen molar-refractivity contribution >= 4 is 11.6 Å². The van der Waals surface area contributed by atoms with Crippen LogP contribution in [0.25, 0.3) is 11.1 Å². The Hall–Kier alpha value is -3.80. The smallest absolute Gasteiger partial charge is 0.336 e. The van der Waals surface area contributed by atoms with Gasteiger partial charge in [0.05, 0.1) is 6.61 Å². The van der Waals surface area contributed by atoms with E-state index in [1.54, 1.807) is 6.07 Å². The number of nitro groups is 1. The van der Waals surface area contributed by atoms with E-state index in [1.807, 2.05) is 0 Å². The van der Waals surface area contributed by atoms with Crippen molar-refractivity contribution in [1.29, 1.82) is 0 Å². The standard InChI is InChI=1S/C28H27NO5/c1-3-6-20-7-4-5-8-23(20)21-11-9-19(10-12-21)18(2)15-16-34-22-13-14-24-25(17-22)28(31)26(27(24)30)29(32)33/h4-5,7-14,17-18,26H,3,6,15-16H2,1-2H3. The van der Waals surface area contributed by atoms with Gasteiger partial charge in [0.25, 0.3) is 0 Å². The van der Waals surface area contributed by atoms with Crippen LogP contribution in [0.5, 0.6) is 5.75 Å². The summed E-state index contributed by atoms with van der Waals surface area (Å²) in [7, 11) is 0. The fourth-order valence-corrected chi connectivity index (χ4v) is 4.44. The monoisotopic (exact) mass is 457 g/mol. The third-order valence-corrected chi connectivity index (χ3v) is 6.38. The van der Waals surface area contributed by atoms with Gasteiger partial charge in [0.1, 0.15) is 5.75 Å². The summed E-state index contributed by atoms with van der Waals surface area (Å²) in [4.78, 5) is 34.5. The van der Waals surface area contributed by atoms with Gasteiger partial charge in [-0.2, -0.15) is 0 Å². The predicted molar refractivity (Wildman–Crippen MR) is 130 cm³/mol. The molecular weight excluding hydrogens is 430 g/mol. The van der Waals surface area contributed by atoms with Crippen LogP contribution in [0.4, 0.5) is 0 Å². The highest BCUT2D eigenvalue weighted by Gasteiger charge is 2.47. The van der Waals surface area contributed by atoms with Gasteiger partial charge >= 0.3 is 6.04 Å². The molecular formula is C28H27NO5. The summed E-state index contributed by atoms with van der Waals surface area (Å²) in [6.45, 7) is 4.74. The van der Waals surface area contributed by atoms with Crippen molar-refractivity contribution in [2.24, 2.45) is 0 Å². The Kier molecular flexibility index (Phi) is 6.87. The molecule has 3 aromatic carbocycles. The number of hydrogen-bond acceptors (Lipinski definition) is 5. The molecule has 0 radical (unpaired) electrons. The van der Waals surface area contributed by atoms with Crippen LogP contribution in [-0.2, 0) is 6.42 Å². The lowest BCUT2D eigenvalue weighted by atomic mass is 9.93. The van der Waals surface area contributed by atoms with Gasteiger partial charge in [0, 0.05) is 16.1 Å². The number of hydrogen-bond donors (Lipinski definition) is 0. The van der Waals surface area contributed by atoms with E-state index in [0.29, 0.717) is 12.4 Å². The summed E-state index contributed by atoms with van der Waals surface area (Å²) >= 11 is 0. The van der Waals surface area contributed by atoms with Crippen molar-refractivity contribution in [1.82, 2.24) is 0 Å². The summed E-state index contributed by atoms with van der Waals surface area (Å²) in [6.07, 6.45) is 2.92. The zero-order valence-electron chi connectivity index (χ0n) is 19.3. The van der Waals surface area contributed by atoms with Crippen LogP contribution in [0.15, 0.2) is 66.7 Å². The zero-order chi connectivity index (χ0) is 24.2. The SMILES string of the molecule is CCCc1ccccc1-c1ccc(C(C)CCOc2ccc3c(c2)C(=O)C([N+](=O)[O-])C3=O)cc1. The lowest BCUT2D eigenvalue weighted by Crippen LogP contribution is -2.31. The molecule has 0 fully saturated rings. The Morgan fingerprint density at radius 2 is 1.65 bits per heavy atom. The van der Waals surface area contributed by atoms with Crippen LogP contribution in [0.2, 0.25) is 0 Å². The van der Waals surface area contributed by atoms with E-state index in [0.717, 1.165) is 19.3 Å². The molecule has 4 rings (SSSR count). The molecule has 1 aliphatic rings. The van der Waals surface area contributed by atoms with Crippen LogP contribution in [0.1, 0.15) is 64.4 Å². The maximum atomic E-state index is 12.2. The molecule has 3 aromatic rings. The molecule has 0 amide bonds. The average molecular weight is 458 g/mol. The van der Waals surface area contributed by atoms with Crippen molar-refractivity contribution in [3.8, 4) is 16.9 Å². The second kappa shape index (κ2) is 10.00. The molecule has 0 bridgehead atoms. The summed E-state index contributed by atoms with van der Waals surface area (Å²) in [5.74, 6) is -0.842. The third kappa shape index (κ3) is 4.62. The van der Waals surface area contributed by atoms with Gasteiger partial charge in [-0.05, 0) is 59.2 Å². The Morgan fingerprint density at radius 1 is 0.941 bits per heavy atom. The van der Waals surface area contributed by atoms with Crippen LogP contribution < -0.4 is 4.74 Å². The topological polar surface area (TPSA) is 86.5 Å². The summed E-state index contributed by atoms with van der Waals surface area (Å²) < 4.78 is 5.81. The van der Waals surface area contributed by atoms with E-state index in [1.165, 1.54) is 34.4 Å². The number of ether oxygens (including phenoxy) is 1. The summed E-state index contributed by atoms with van der Waals surface area (Å²) in [5, 5.41) is 11.0. The minimum absolute atomic E-state index is 0.0659. The van der Waals surface area contributed by atoms with Gasteiger partial charge in [0.15, 0.2) is 0 Å². The van der Waals surface area contributed by atoms with Crippen LogP contribution in [-0.4, -0.2) is 29.1 Å². The van der Waals surface area contributed by atoms with Crippen molar-refractivity contribution < 1.29 is 19.2 Å². The van der Waals surface area contributed by atoms with E-state index in [4.69, 9.17) is 4.74 Å². The molecule has 0 N–H and O–H groups in total. The first-order valence-electron chi connectivity index (χ1n) is 11.6. The van der Waals surface area contributed by atoms with Gasteiger partial charge in [-0.3, -0.25) is 19.7 Å². The molecule has 34 heavy (non-hydrogen) atoms. The molecule has 0 aliphatic heterocycles. The lowest BCUT2D eigenvalue weighted by molar-refractivity contribution is -0.488. The maximum Gasteiger partial charge on any atom is 0.336 e. The van der Waals surface area contributed by atoms with E-state index < -0.39 is 22.5 Å². The Labute approximate surface area is 198 Å². The molecule has 0 saturated carbocycles. The van der Waals surface area contributed by atoms with Crippen LogP contribution in [0.3, 0.4) is 0 Å². The van der Waals surface area contributed by atoms with Gasteiger partial charge in [-0.25, -0.2) is 0 Å². The zero-order valence-corrected chi connectivity index (χ0v) is 19.3. The Bertz CT molecular complexity index is 1230. The largest absolute Gasteiger partial charge is 0.494 e. The number of nitrogens with zero attached hydrogens (tertiary/aromatic N) is 1. The minimum atomic E-state index is -1.83. The summed E-state index contributed by atoms with van der Waals surface area (Å²) in [6, 6.07) is 19.8. The second-order valence-electron chi connectivity index (χ2n) is 8.69. The Balaban J connectivity index is 1.37. The number of Topliss-reactive ketones (excluding diaryl/α,β-unsaturated/α-hetero) is 2. The van der Waals surface area contributed by atoms with Gasteiger partial charge in [-0.1, -0.05) is 68.8 Å². The number of aryl methyl sites for hydroxylation is 1. The lowest BCUT2D eigenvalue weighted by Gasteiger charge is -2.15. The van der Waals surface area contributed by atoms with Gasteiger partial charge in [0.2, 0.25) is 11.6 Å². The van der Waals surface area contributed by atoms with Crippen molar-refractivity contribution in [2.45, 2.75) is 45.1 Å². The quantitative estimate of drug-likeness (QED) is 0.227. The minimum Gasteiger partial charge on any atom is -0.494 e. The number of benzene rings is 3. The fraction of sp³-hybridized carbons (Fsp3) is 0.286. The molecule has 0 aromatic heterocycles. The Morgan fingerprint density at radius 3 is 2.35 bits per heavy atom. The molecule has 2 atom stereocenters. The first-order valence-corrected chi connectivity index (χ1v) is 11.6. The number of rotatable bonds is 9. The highest BCUT2D eigenvalue weighted by molar-refractivity contribution is 6.28. The molecule has 0 heterocycles. The second-order valence-corrected chi connectivity index (χ2v) is 8.69. The molecule has 0 spiro atoms. The first-order chi connectivity index (χ1) is 16.4. The molecule has 174 valence electrons. The first kappa shape index (κ1) is 23.4. The normalized spacial score (nSPS) is 15.8. The number of carbonyl (C=O) groups excluding carboxylic acids is 2. The van der Waals surface area contributed by atoms with Gasteiger partial charge in [-0.15, -0.1) is 0 Å². The predicted octanol–water partition coefficient (Wildman–Crippen LogP) is 5.90. The molecule has 6 heteroatoms. The van der Waals surface area contributed by atoms with E-state index >= 15 is 0 Å². The average Bonchev–Trinajstić information content (AvgIpc) is 3.09. The third-order valence-electron chi connectivity index (χ3n) is 6.38. The maximum absolute atomic E-state index is 12.2. The number of ketones is 2. The molecule has 0 saturated heterocycles. The molecule has 6 nitrogen and oxygen atoms in total. The molecule has 1 aliphatic carbocycles. The number of carbonyl (C=O) groups is 2. The van der Waals surface area contributed by atoms with Crippen molar-refractivity contribution in [3.63, 3.8) is 0 Å². The van der Waals surface area contributed by atoms with Crippen molar-refractivity contribution in [2.75, 3.05) is 6.61 Å². The van der Waals surface area contributed by atoms with Gasteiger partial charge < -0.3 is 4.74 Å². The van der Waals surface area contributed by atoms with E-state index in [2.05, 4.69) is 62.4 Å². The van der Waals surface area contributed by atoms with Crippen molar-refractivity contribution in [3.05, 3.63) is 99.1 Å². The van der Waals surface area contributed by atoms with Crippen LogP contribution in [0, 0.1) is 10.1 Å².